The van der Waals surface area contributed by atoms with E-state index in [1.54, 1.807) is 10.4 Å². The molecule has 0 amide bonds. The van der Waals surface area contributed by atoms with Gasteiger partial charge in [0.25, 0.3) is 0 Å². The number of piperazine rings is 1. The minimum atomic E-state index is -3.35. The number of aryl methyl sites for hydroxylation is 1. The van der Waals surface area contributed by atoms with Crippen molar-refractivity contribution in [2.75, 3.05) is 39.3 Å². The molecule has 0 bridgehead atoms. The van der Waals surface area contributed by atoms with Crippen LogP contribution < -0.4 is 5.32 Å². The normalized spacial score (nSPS) is 25.5. The van der Waals surface area contributed by atoms with Crippen LogP contribution in [0.2, 0.25) is 0 Å². The molecule has 1 aromatic rings. The Morgan fingerprint density at radius 2 is 2.05 bits per heavy atom. The molecule has 0 saturated carbocycles. The summed E-state index contributed by atoms with van der Waals surface area (Å²) in [6.07, 6.45) is 0.934. The Morgan fingerprint density at radius 1 is 1.33 bits per heavy atom. The van der Waals surface area contributed by atoms with E-state index in [0.29, 0.717) is 24.0 Å². The SMILES string of the molecule is Cc1sc(Br)cc1S(=O)(=O)N1CCC(N2CCNCC2)C1. The monoisotopic (exact) mass is 393 g/mol. The Kier molecular flexibility index (Phi) is 4.73. The maximum Gasteiger partial charge on any atom is 0.244 e. The van der Waals surface area contributed by atoms with Crippen molar-refractivity contribution in [1.82, 2.24) is 14.5 Å². The molecule has 1 N–H and O–H groups in total. The summed E-state index contributed by atoms with van der Waals surface area (Å²) in [7, 11) is -3.35. The zero-order valence-corrected chi connectivity index (χ0v) is 15.2. The van der Waals surface area contributed by atoms with E-state index in [2.05, 4.69) is 26.1 Å². The van der Waals surface area contributed by atoms with Crippen LogP contribution in [0, 0.1) is 6.92 Å². The summed E-state index contributed by atoms with van der Waals surface area (Å²) in [6.45, 7) is 7.15. The van der Waals surface area contributed by atoms with Gasteiger partial charge < -0.3 is 5.32 Å². The Morgan fingerprint density at radius 3 is 2.67 bits per heavy atom. The first-order chi connectivity index (χ1) is 9.98. The predicted molar refractivity (Wildman–Crippen MR) is 88.4 cm³/mol. The molecule has 2 fully saturated rings. The second kappa shape index (κ2) is 6.25. The minimum Gasteiger partial charge on any atom is -0.314 e. The average Bonchev–Trinajstić information content (AvgIpc) is 3.07. The summed E-state index contributed by atoms with van der Waals surface area (Å²) in [5, 5.41) is 3.34. The van der Waals surface area contributed by atoms with Gasteiger partial charge in [-0.2, -0.15) is 4.31 Å². The third kappa shape index (κ3) is 3.20. The van der Waals surface area contributed by atoms with Gasteiger partial charge in [0.05, 0.1) is 8.68 Å². The lowest BCUT2D eigenvalue weighted by Gasteiger charge is -2.32. The van der Waals surface area contributed by atoms with Crippen LogP contribution in [0.3, 0.4) is 0 Å². The fraction of sp³-hybridized carbons (Fsp3) is 0.692. The van der Waals surface area contributed by atoms with E-state index in [4.69, 9.17) is 0 Å². The summed E-state index contributed by atoms with van der Waals surface area (Å²) in [5.74, 6) is 0. The first-order valence-corrected chi connectivity index (χ1v) is 10.2. The molecule has 1 aromatic heterocycles. The van der Waals surface area contributed by atoms with Crippen molar-refractivity contribution in [3.63, 3.8) is 0 Å². The van der Waals surface area contributed by atoms with Gasteiger partial charge in [-0.15, -0.1) is 11.3 Å². The van der Waals surface area contributed by atoms with E-state index in [0.717, 1.165) is 41.3 Å². The van der Waals surface area contributed by atoms with Crippen LogP contribution in [-0.2, 0) is 10.0 Å². The maximum absolute atomic E-state index is 12.8. The third-order valence-electron chi connectivity index (χ3n) is 4.25. The summed E-state index contributed by atoms with van der Waals surface area (Å²) < 4.78 is 28.1. The van der Waals surface area contributed by atoms with Crippen molar-refractivity contribution in [3.05, 3.63) is 14.7 Å². The first kappa shape index (κ1) is 15.9. The lowest BCUT2D eigenvalue weighted by molar-refractivity contribution is 0.179. The van der Waals surface area contributed by atoms with Gasteiger partial charge in [-0.3, -0.25) is 4.90 Å². The highest BCUT2D eigenvalue weighted by atomic mass is 79.9. The lowest BCUT2D eigenvalue weighted by Crippen LogP contribution is -2.49. The van der Waals surface area contributed by atoms with Gasteiger partial charge in [-0.25, -0.2) is 8.42 Å². The van der Waals surface area contributed by atoms with E-state index in [1.165, 1.54) is 11.3 Å². The summed E-state index contributed by atoms with van der Waals surface area (Å²) >= 11 is 4.85. The first-order valence-electron chi connectivity index (χ1n) is 7.19. The van der Waals surface area contributed by atoms with Crippen molar-refractivity contribution in [3.8, 4) is 0 Å². The largest absolute Gasteiger partial charge is 0.314 e. The predicted octanol–water partition coefficient (Wildman–Crippen LogP) is 1.49. The Hall–Kier alpha value is 0.01000. The van der Waals surface area contributed by atoms with Gasteiger partial charge in [-0.1, -0.05) is 0 Å². The van der Waals surface area contributed by atoms with Gasteiger partial charge in [0.15, 0.2) is 0 Å². The fourth-order valence-corrected chi connectivity index (χ4v) is 6.98. The number of hydrogen-bond donors (Lipinski definition) is 1. The molecule has 3 rings (SSSR count). The quantitative estimate of drug-likeness (QED) is 0.844. The van der Waals surface area contributed by atoms with Crippen molar-refractivity contribution < 1.29 is 8.42 Å². The van der Waals surface area contributed by atoms with E-state index in [9.17, 15) is 8.42 Å². The molecule has 2 aliphatic rings. The molecule has 0 aromatic carbocycles. The summed E-state index contributed by atoms with van der Waals surface area (Å²) in [6, 6.07) is 2.09. The van der Waals surface area contributed by atoms with E-state index in [1.807, 2.05) is 6.92 Å². The zero-order valence-electron chi connectivity index (χ0n) is 12.0. The minimum absolute atomic E-state index is 0.365. The van der Waals surface area contributed by atoms with Crippen LogP contribution in [0.1, 0.15) is 11.3 Å². The van der Waals surface area contributed by atoms with Crippen LogP contribution in [0.4, 0.5) is 0 Å². The highest BCUT2D eigenvalue weighted by molar-refractivity contribution is 9.11. The maximum atomic E-state index is 12.8. The van der Waals surface area contributed by atoms with Crippen molar-refractivity contribution in [2.45, 2.75) is 24.3 Å². The van der Waals surface area contributed by atoms with Gasteiger partial charge in [0, 0.05) is 50.2 Å². The molecule has 118 valence electrons. The average molecular weight is 394 g/mol. The van der Waals surface area contributed by atoms with Gasteiger partial charge in [0.1, 0.15) is 0 Å². The highest BCUT2D eigenvalue weighted by Gasteiger charge is 2.36. The third-order valence-corrected chi connectivity index (χ3v) is 7.93. The smallest absolute Gasteiger partial charge is 0.244 e. The second-order valence-corrected chi connectivity index (χ2v) is 10.1. The number of rotatable bonds is 3. The molecule has 0 spiro atoms. The number of halogens is 1. The fourth-order valence-electron chi connectivity index (χ4n) is 3.10. The van der Waals surface area contributed by atoms with E-state index in [-0.39, 0.29) is 0 Å². The van der Waals surface area contributed by atoms with E-state index < -0.39 is 10.0 Å². The molecule has 3 heterocycles. The molecular weight excluding hydrogens is 374 g/mol. The van der Waals surface area contributed by atoms with Crippen LogP contribution in [0.15, 0.2) is 14.7 Å². The molecule has 2 aliphatic heterocycles. The Balaban J connectivity index is 1.74. The summed E-state index contributed by atoms with van der Waals surface area (Å²) in [4.78, 5) is 3.73. The van der Waals surface area contributed by atoms with Gasteiger partial charge in [-0.05, 0) is 35.3 Å². The number of hydrogen-bond acceptors (Lipinski definition) is 5. The van der Waals surface area contributed by atoms with Crippen LogP contribution in [0.5, 0.6) is 0 Å². The molecule has 21 heavy (non-hydrogen) atoms. The molecule has 2 saturated heterocycles. The highest BCUT2D eigenvalue weighted by Crippen LogP contribution is 2.33. The lowest BCUT2D eigenvalue weighted by atomic mass is 10.2. The molecular formula is C13H20BrN3O2S2. The van der Waals surface area contributed by atoms with Gasteiger partial charge in [0.2, 0.25) is 10.0 Å². The topological polar surface area (TPSA) is 52.7 Å². The molecule has 5 nitrogen and oxygen atoms in total. The Bertz CT molecular complexity index is 611. The molecule has 8 heteroatoms. The molecule has 1 atom stereocenters. The number of thiophene rings is 1. The zero-order chi connectivity index (χ0) is 15.0. The van der Waals surface area contributed by atoms with Crippen molar-refractivity contribution in [2.24, 2.45) is 0 Å². The second-order valence-electron chi connectivity index (χ2n) is 5.56. The number of nitrogens with zero attached hydrogens (tertiary/aromatic N) is 2. The molecule has 0 aliphatic carbocycles. The Labute approximate surface area is 138 Å². The van der Waals surface area contributed by atoms with E-state index >= 15 is 0 Å². The van der Waals surface area contributed by atoms with Crippen LogP contribution in [-0.4, -0.2) is 62.9 Å². The van der Waals surface area contributed by atoms with Crippen molar-refractivity contribution >= 4 is 37.3 Å². The van der Waals surface area contributed by atoms with Crippen molar-refractivity contribution in [1.29, 1.82) is 0 Å². The van der Waals surface area contributed by atoms with Gasteiger partial charge >= 0.3 is 0 Å². The number of sulfonamides is 1. The molecule has 0 radical (unpaired) electrons. The van der Waals surface area contributed by atoms with Crippen LogP contribution >= 0.6 is 27.3 Å². The number of nitrogens with one attached hydrogen (secondary N) is 1. The summed E-state index contributed by atoms with van der Waals surface area (Å²) in [5.41, 5.74) is 0. The molecule has 1 unspecified atom stereocenters. The van der Waals surface area contributed by atoms with Crippen LogP contribution in [0.25, 0.3) is 0 Å². The standard InChI is InChI=1S/C13H20BrN3O2S2/c1-10-12(8-13(14)20-10)21(18,19)17-5-2-11(9-17)16-6-3-15-4-7-16/h8,11,15H,2-7,9H2,1H3.